The largest absolute Gasteiger partial charge is 0.493 e. The van der Waals surface area contributed by atoms with Crippen LogP contribution in [0.4, 0.5) is 5.69 Å². The second kappa shape index (κ2) is 8.22. The molecule has 0 fully saturated rings. The Morgan fingerprint density at radius 2 is 1.60 bits per heavy atom. The lowest BCUT2D eigenvalue weighted by Gasteiger charge is -2.38. The Bertz CT molecular complexity index is 1010. The smallest absolute Gasteiger partial charge is 0.232 e. The number of Topliss-reactive ketones (excluding diaryl/α,β-unsaturated/α-hetero) is 1. The van der Waals surface area contributed by atoms with Crippen LogP contribution in [0.3, 0.4) is 0 Å². The highest BCUT2D eigenvalue weighted by Gasteiger charge is 2.41. The van der Waals surface area contributed by atoms with Crippen LogP contribution in [-0.4, -0.2) is 33.0 Å². The predicted octanol–water partition coefficient (Wildman–Crippen LogP) is 4.24. The maximum atomic E-state index is 13.3. The maximum absolute atomic E-state index is 13.3. The van der Waals surface area contributed by atoms with Gasteiger partial charge in [-0.15, -0.1) is 0 Å². The molecule has 30 heavy (non-hydrogen) atoms. The van der Waals surface area contributed by atoms with Gasteiger partial charge in [0, 0.05) is 41.3 Å². The van der Waals surface area contributed by atoms with Gasteiger partial charge in [-0.05, 0) is 31.0 Å². The Morgan fingerprint density at radius 1 is 0.867 bits per heavy atom. The minimum Gasteiger partial charge on any atom is -0.493 e. The summed E-state index contributed by atoms with van der Waals surface area (Å²) in [7, 11) is 4.66. The molecule has 0 spiro atoms. The third-order valence-electron chi connectivity index (χ3n) is 5.80. The minimum atomic E-state index is -0.380. The van der Waals surface area contributed by atoms with E-state index in [9.17, 15) is 9.59 Å². The number of benzene rings is 2. The summed E-state index contributed by atoms with van der Waals surface area (Å²) < 4.78 is 16.6. The van der Waals surface area contributed by atoms with Crippen LogP contribution in [0.1, 0.15) is 37.2 Å². The van der Waals surface area contributed by atoms with Gasteiger partial charge in [0.2, 0.25) is 11.7 Å². The molecule has 1 amide bonds. The van der Waals surface area contributed by atoms with Crippen molar-refractivity contribution in [2.24, 2.45) is 0 Å². The Kier molecular flexibility index (Phi) is 5.48. The normalized spacial score (nSPS) is 18.9. The van der Waals surface area contributed by atoms with Gasteiger partial charge in [-0.3, -0.25) is 14.5 Å². The van der Waals surface area contributed by atoms with Crippen molar-refractivity contribution < 1.29 is 23.8 Å². The first-order chi connectivity index (χ1) is 14.6. The summed E-state index contributed by atoms with van der Waals surface area (Å²) in [6.45, 7) is 0. The maximum Gasteiger partial charge on any atom is 0.232 e. The zero-order valence-electron chi connectivity index (χ0n) is 17.4. The van der Waals surface area contributed by atoms with Gasteiger partial charge in [0.05, 0.1) is 21.3 Å². The van der Waals surface area contributed by atoms with Gasteiger partial charge in [-0.25, -0.2) is 0 Å². The summed E-state index contributed by atoms with van der Waals surface area (Å²) in [6, 6.07) is 13.2. The van der Waals surface area contributed by atoms with Crippen LogP contribution >= 0.6 is 0 Å². The first-order valence-corrected chi connectivity index (χ1v) is 10.0. The number of rotatable bonds is 5. The summed E-state index contributed by atoms with van der Waals surface area (Å²) in [6.07, 6.45) is 2.10. The summed E-state index contributed by atoms with van der Waals surface area (Å²) in [5.74, 6) is 1.17. The van der Waals surface area contributed by atoms with Crippen LogP contribution in [0, 0.1) is 0 Å². The van der Waals surface area contributed by atoms with E-state index in [1.807, 2.05) is 36.4 Å². The molecule has 0 saturated heterocycles. The highest BCUT2D eigenvalue weighted by Crippen LogP contribution is 2.49. The van der Waals surface area contributed by atoms with Crippen molar-refractivity contribution in [1.82, 2.24) is 0 Å². The van der Waals surface area contributed by atoms with Gasteiger partial charge in [-0.2, -0.15) is 0 Å². The quantitative estimate of drug-likeness (QED) is 0.742. The Hall–Kier alpha value is -3.28. The number of hydrogen-bond acceptors (Lipinski definition) is 5. The monoisotopic (exact) mass is 407 g/mol. The number of ether oxygens (including phenoxy) is 3. The molecule has 0 N–H and O–H groups in total. The van der Waals surface area contributed by atoms with Gasteiger partial charge in [0.25, 0.3) is 0 Å². The van der Waals surface area contributed by atoms with Crippen molar-refractivity contribution >= 4 is 17.4 Å². The number of allylic oxidation sites excluding steroid dienone is 2. The molecule has 6 nitrogen and oxygen atoms in total. The Morgan fingerprint density at radius 3 is 2.27 bits per heavy atom. The average Bonchev–Trinajstić information content (AvgIpc) is 2.78. The lowest BCUT2D eigenvalue weighted by atomic mass is 9.76. The van der Waals surface area contributed by atoms with E-state index < -0.39 is 0 Å². The first-order valence-electron chi connectivity index (χ1n) is 10.0. The summed E-state index contributed by atoms with van der Waals surface area (Å²) in [4.78, 5) is 28.1. The van der Waals surface area contributed by atoms with Crippen molar-refractivity contribution in [3.8, 4) is 17.2 Å². The fourth-order valence-electron chi connectivity index (χ4n) is 4.53. The van der Waals surface area contributed by atoms with E-state index in [0.717, 1.165) is 23.4 Å². The van der Waals surface area contributed by atoms with E-state index in [1.54, 1.807) is 32.3 Å². The number of hydrogen-bond donors (Lipinski definition) is 0. The van der Waals surface area contributed by atoms with E-state index in [4.69, 9.17) is 14.2 Å². The van der Waals surface area contributed by atoms with E-state index in [1.165, 1.54) is 0 Å². The van der Waals surface area contributed by atoms with Crippen molar-refractivity contribution in [1.29, 1.82) is 0 Å². The molecule has 0 radical (unpaired) electrons. The van der Waals surface area contributed by atoms with E-state index in [-0.39, 0.29) is 24.0 Å². The first kappa shape index (κ1) is 20.0. The van der Waals surface area contributed by atoms with Gasteiger partial charge < -0.3 is 14.2 Å². The number of para-hydroxylation sites is 1. The van der Waals surface area contributed by atoms with Gasteiger partial charge in [-0.1, -0.05) is 24.3 Å². The van der Waals surface area contributed by atoms with Crippen LogP contribution in [0.5, 0.6) is 17.2 Å². The number of methoxy groups -OCH3 is 3. The topological polar surface area (TPSA) is 65.1 Å². The number of carbonyl (C=O) groups is 2. The van der Waals surface area contributed by atoms with E-state index in [0.29, 0.717) is 35.7 Å². The molecule has 0 saturated carbocycles. The molecule has 156 valence electrons. The fourth-order valence-corrected chi connectivity index (χ4v) is 4.53. The van der Waals surface area contributed by atoms with Crippen LogP contribution in [-0.2, 0) is 9.59 Å². The molecule has 4 rings (SSSR count). The molecule has 1 aliphatic heterocycles. The molecule has 1 heterocycles. The number of nitrogens with zero attached hydrogens (tertiary/aromatic N) is 1. The zero-order chi connectivity index (χ0) is 21.3. The number of carbonyl (C=O) groups excluding carboxylic acids is 2. The van der Waals surface area contributed by atoms with Gasteiger partial charge >= 0.3 is 0 Å². The molecule has 2 aliphatic rings. The van der Waals surface area contributed by atoms with Gasteiger partial charge in [0.1, 0.15) is 0 Å². The molecule has 0 bridgehead atoms. The summed E-state index contributed by atoms with van der Waals surface area (Å²) in [5, 5.41) is 0. The Labute approximate surface area is 176 Å². The van der Waals surface area contributed by atoms with Crippen molar-refractivity contribution in [2.75, 3.05) is 26.2 Å². The molecule has 1 unspecified atom stereocenters. The highest BCUT2D eigenvalue weighted by molar-refractivity contribution is 6.07. The van der Waals surface area contributed by atoms with E-state index in [2.05, 4.69) is 0 Å². The second-order valence-corrected chi connectivity index (χ2v) is 7.38. The number of amides is 1. The highest BCUT2D eigenvalue weighted by atomic mass is 16.5. The molecule has 1 aliphatic carbocycles. The number of anilines is 1. The molecular weight excluding hydrogens is 382 g/mol. The van der Waals surface area contributed by atoms with Crippen molar-refractivity contribution in [3.63, 3.8) is 0 Å². The van der Waals surface area contributed by atoms with Crippen LogP contribution in [0.15, 0.2) is 53.7 Å². The predicted molar refractivity (Wildman–Crippen MR) is 113 cm³/mol. The molecule has 6 heteroatoms. The van der Waals surface area contributed by atoms with Crippen molar-refractivity contribution in [3.05, 3.63) is 59.3 Å². The lowest BCUT2D eigenvalue weighted by molar-refractivity contribution is -0.119. The summed E-state index contributed by atoms with van der Waals surface area (Å²) >= 11 is 0. The van der Waals surface area contributed by atoms with Gasteiger partial charge in [0.15, 0.2) is 17.3 Å². The third kappa shape index (κ3) is 3.22. The Balaban J connectivity index is 1.90. The SMILES string of the molecule is COc1ccc(C2CC(=O)N(c3ccccc3)C3=C2C(=O)CCC3)c(OC)c1OC. The van der Waals surface area contributed by atoms with Crippen LogP contribution in [0.2, 0.25) is 0 Å². The fraction of sp³-hybridized carbons (Fsp3) is 0.333. The van der Waals surface area contributed by atoms with Crippen LogP contribution in [0.25, 0.3) is 0 Å². The number of ketones is 1. The van der Waals surface area contributed by atoms with Crippen LogP contribution < -0.4 is 19.1 Å². The standard InChI is InChI=1S/C24H25NO5/c1-28-20-13-12-16(23(29-2)24(20)30-3)17-14-21(27)25(15-8-5-4-6-9-15)18-10-7-11-19(26)22(17)18/h4-6,8-9,12-13,17H,7,10-11,14H2,1-3H3. The average molecular weight is 407 g/mol. The minimum absolute atomic E-state index is 0.0310. The zero-order valence-corrected chi connectivity index (χ0v) is 17.4. The van der Waals surface area contributed by atoms with Crippen molar-refractivity contribution in [2.45, 2.75) is 31.6 Å². The lowest BCUT2D eigenvalue weighted by Crippen LogP contribution is -2.40. The third-order valence-corrected chi connectivity index (χ3v) is 5.80. The molecule has 2 aromatic rings. The molecule has 2 aromatic carbocycles. The molecular formula is C24H25NO5. The molecule has 1 atom stereocenters. The second-order valence-electron chi connectivity index (χ2n) is 7.38. The molecule has 0 aromatic heterocycles. The summed E-state index contributed by atoms with van der Waals surface area (Å²) in [5.41, 5.74) is 3.06. The van der Waals surface area contributed by atoms with E-state index >= 15 is 0 Å².